The van der Waals surface area contributed by atoms with Crippen molar-refractivity contribution < 1.29 is 14.3 Å². The number of carbonyl (C=O) groups is 2. The van der Waals surface area contributed by atoms with Crippen LogP contribution in [-0.4, -0.2) is 18.3 Å². The second kappa shape index (κ2) is 5.14. The summed E-state index contributed by atoms with van der Waals surface area (Å²) in [6.45, 7) is 2.46. The van der Waals surface area contributed by atoms with Crippen molar-refractivity contribution in [2.45, 2.75) is 13.3 Å². The van der Waals surface area contributed by atoms with Crippen molar-refractivity contribution >= 4 is 11.7 Å². The number of hydrogen-bond acceptors (Lipinski definition) is 3. The molecule has 0 aliphatic heterocycles. The average molecular weight is 207 g/mol. The van der Waals surface area contributed by atoms with Crippen LogP contribution in [0.3, 0.4) is 0 Å². The molecular formula is C11H13NO3. The minimum Gasteiger partial charge on any atom is -0.494 e. The van der Waals surface area contributed by atoms with E-state index in [1.54, 1.807) is 24.3 Å². The van der Waals surface area contributed by atoms with Gasteiger partial charge in [-0.15, -0.1) is 0 Å². The van der Waals surface area contributed by atoms with Gasteiger partial charge in [-0.1, -0.05) is 0 Å². The number of benzene rings is 1. The summed E-state index contributed by atoms with van der Waals surface area (Å²) in [4.78, 5) is 21.9. The maximum Gasteiger partial charge on any atom is 0.225 e. The van der Waals surface area contributed by atoms with E-state index in [4.69, 9.17) is 10.5 Å². The fourth-order valence-corrected chi connectivity index (χ4v) is 1.16. The van der Waals surface area contributed by atoms with Crippen LogP contribution in [-0.2, 0) is 4.79 Å². The maximum absolute atomic E-state index is 11.4. The van der Waals surface area contributed by atoms with Crippen LogP contribution < -0.4 is 10.5 Å². The molecule has 4 nitrogen and oxygen atoms in total. The molecule has 0 saturated heterocycles. The summed E-state index contributed by atoms with van der Waals surface area (Å²) in [7, 11) is 0. The van der Waals surface area contributed by atoms with Gasteiger partial charge in [-0.3, -0.25) is 9.59 Å². The van der Waals surface area contributed by atoms with Crippen molar-refractivity contribution in [3.63, 3.8) is 0 Å². The van der Waals surface area contributed by atoms with E-state index in [0.29, 0.717) is 17.9 Å². The molecule has 1 aromatic rings. The van der Waals surface area contributed by atoms with Crippen LogP contribution in [0.2, 0.25) is 0 Å². The van der Waals surface area contributed by atoms with E-state index in [-0.39, 0.29) is 12.2 Å². The number of ketones is 1. The van der Waals surface area contributed by atoms with E-state index in [9.17, 15) is 9.59 Å². The van der Waals surface area contributed by atoms with Crippen molar-refractivity contribution in [3.8, 4) is 5.75 Å². The Morgan fingerprint density at radius 2 is 1.87 bits per heavy atom. The molecule has 4 heteroatoms. The number of rotatable bonds is 5. The van der Waals surface area contributed by atoms with E-state index in [1.165, 1.54) is 0 Å². The summed E-state index contributed by atoms with van der Waals surface area (Å²) >= 11 is 0. The number of amides is 1. The number of ether oxygens (including phenoxy) is 1. The Bertz CT molecular complexity index is 357. The topological polar surface area (TPSA) is 69.4 Å². The molecule has 0 aliphatic carbocycles. The maximum atomic E-state index is 11.4. The highest BCUT2D eigenvalue weighted by Crippen LogP contribution is 2.13. The number of carbonyl (C=O) groups excluding carboxylic acids is 2. The summed E-state index contributed by atoms with van der Waals surface area (Å²) in [5.41, 5.74) is 5.39. The minimum atomic E-state index is -0.617. The summed E-state index contributed by atoms with van der Waals surface area (Å²) in [6.07, 6.45) is -0.256. The van der Waals surface area contributed by atoms with Gasteiger partial charge < -0.3 is 10.5 Å². The van der Waals surface area contributed by atoms with Crippen LogP contribution in [0.25, 0.3) is 0 Å². The lowest BCUT2D eigenvalue weighted by atomic mass is 10.1. The van der Waals surface area contributed by atoms with Gasteiger partial charge in [0.05, 0.1) is 13.0 Å². The highest BCUT2D eigenvalue weighted by Gasteiger charge is 2.08. The third kappa shape index (κ3) is 3.42. The Kier molecular flexibility index (Phi) is 3.85. The highest BCUT2D eigenvalue weighted by molar-refractivity contribution is 6.06. The number of nitrogens with two attached hydrogens (primary N) is 1. The fraction of sp³-hybridized carbons (Fsp3) is 0.273. The molecule has 0 atom stereocenters. The van der Waals surface area contributed by atoms with Gasteiger partial charge in [-0.2, -0.15) is 0 Å². The predicted octanol–water partition coefficient (Wildman–Crippen LogP) is 1.14. The molecule has 0 bridgehead atoms. The SMILES string of the molecule is CCOc1ccc(C(=O)CC(N)=O)cc1. The van der Waals surface area contributed by atoms with Gasteiger partial charge in [0, 0.05) is 5.56 Å². The molecule has 0 aromatic heterocycles. The van der Waals surface area contributed by atoms with Crippen molar-refractivity contribution in [1.29, 1.82) is 0 Å². The first-order chi connectivity index (χ1) is 7.13. The zero-order chi connectivity index (χ0) is 11.3. The highest BCUT2D eigenvalue weighted by atomic mass is 16.5. The lowest BCUT2D eigenvalue weighted by Crippen LogP contribution is -2.16. The van der Waals surface area contributed by atoms with Crippen LogP contribution in [0.15, 0.2) is 24.3 Å². The molecule has 0 saturated carbocycles. The Morgan fingerprint density at radius 3 is 2.33 bits per heavy atom. The van der Waals surface area contributed by atoms with E-state index >= 15 is 0 Å². The van der Waals surface area contributed by atoms with Crippen LogP contribution in [0, 0.1) is 0 Å². The van der Waals surface area contributed by atoms with Crippen molar-refractivity contribution in [3.05, 3.63) is 29.8 Å². The normalized spacial score (nSPS) is 9.67. The second-order valence-corrected chi connectivity index (χ2v) is 3.02. The smallest absolute Gasteiger partial charge is 0.225 e. The van der Waals surface area contributed by atoms with Crippen molar-refractivity contribution in [1.82, 2.24) is 0 Å². The van der Waals surface area contributed by atoms with Crippen LogP contribution in [0.4, 0.5) is 0 Å². The lowest BCUT2D eigenvalue weighted by Gasteiger charge is -2.03. The fourth-order valence-electron chi connectivity index (χ4n) is 1.16. The zero-order valence-corrected chi connectivity index (χ0v) is 8.53. The van der Waals surface area contributed by atoms with Gasteiger partial charge in [0.1, 0.15) is 5.75 Å². The van der Waals surface area contributed by atoms with E-state index in [1.807, 2.05) is 6.92 Å². The monoisotopic (exact) mass is 207 g/mol. The Labute approximate surface area is 88.0 Å². The molecule has 15 heavy (non-hydrogen) atoms. The third-order valence-electron chi connectivity index (χ3n) is 1.82. The Morgan fingerprint density at radius 1 is 1.27 bits per heavy atom. The molecule has 80 valence electrons. The van der Waals surface area contributed by atoms with Gasteiger partial charge in [0.15, 0.2) is 5.78 Å². The van der Waals surface area contributed by atoms with E-state index in [0.717, 1.165) is 0 Å². The lowest BCUT2D eigenvalue weighted by molar-refractivity contribution is -0.117. The predicted molar refractivity (Wildman–Crippen MR) is 55.8 cm³/mol. The summed E-state index contributed by atoms with van der Waals surface area (Å²) < 4.78 is 5.22. The average Bonchev–Trinajstić information content (AvgIpc) is 2.18. The molecule has 1 aromatic carbocycles. The van der Waals surface area contributed by atoms with E-state index in [2.05, 4.69) is 0 Å². The van der Waals surface area contributed by atoms with E-state index < -0.39 is 5.91 Å². The van der Waals surface area contributed by atoms with Crippen molar-refractivity contribution in [2.75, 3.05) is 6.61 Å². The summed E-state index contributed by atoms with van der Waals surface area (Å²) in [5, 5.41) is 0. The van der Waals surface area contributed by atoms with Crippen LogP contribution in [0.1, 0.15) is 23.7 Å². The van der Waals surface area contributed by atoms with Crippen LogP contribution in [0.5, 0.6) is 5.75 Å². The van der Waals surface area contributed by atoms with Gasteiger partial charge in [-0.05, 0) is 31.2 Å². The Hall–Kier alpha value is -1.84. The number of primary amides is 1. The number of hydrogen-bond donors (Lipinski definition) is 1. The first-order valence-electron chi connectivity index (χ1n) is 4.68. The van der Waals surface area contributed by atoms with Gasteiger partial charge in [0.2, 0.25) is 5.91 Å². The first kappa shape index (κ1) is 11.2. The molecule has 0 aliphatic rings. The molecular weight excluding hydrogens is 194 g/mol. The molecule has 0 fully saturated rings. The molecule has 0 heterocycles. The molecule has 0 radical (unpaired) electrons. The summed E-state index contributed by atoms with van der Waals surface area (Å²) in [6, 6.07) is 6.63. The zero-order valence-electron chi connectivity index (χ0n) is 8.53. The number of Topliss-reactive ketones (excluding diaryl/α,β-unsaturated/α-hetero) is 1. The quantitative estimate of drug-likeness (QED) is 0.581. The molecule has 1 amide bonds. The minimum absolute atomic E-state index is 0.256. The van der Waals surface area contributed by atoms with Gasteiger partial charge in [-0.25, -0.2) is 0 Å². The van der Waals surface area contributed by atoms with Gasteiger partial charge in [0.25, 0.3) is 0 Å². The molecule has 0 spiro atoms. The standard InChI is InChI=1S/C11H13NO3/c1-2-15-9-5-3-8(4-6-9)10(13)7-11(12)14/h3-6H,2,7H2,1H3,(H2,12,14). The van der Waals surface area contributed by atoms with Crippen molar-refractivity contribution in [2.24, 2.45) is 5.73 Å². The third-order valence-corrected chi connectivity index (χ3v) is 1.82. The first-order valence-corrected chi connectivity index (χ1v) is 4.68. The molecule has 2 N–H and O–H groups in total. The van der Waals surface area contributed by atoms with Crippen LogP contribution >= 0.6 is 0 Å². The molecule has 0 unspecified atom stereocenters. The largest absolute Gasteiger partial charge is 0.494 e. The summed E-state index contributed by atoms with van der Waals surface area (Å²) in [5.74, 6) is -0.187. The molecule has 1 rings (SSSR count). The Balaban J connectivity index is 2.71. The second-order valence-electron chi connectivity index (χ2n) is 3.02. The van der Waals surface area contributed by atoms with Gasteiger partial charge >= 0.3 is 0 Å².